The normalized spacial score (nSPS) is 17.9. The van der Waals surface area contributed by atoms with Crippen molar-refractivity contribution in [2.24, 2.45) is 5.41 Å². The maximum absolute atomic E-state index is 14.4. The number of hydrogen-bond donors (Lipinski definition) is 2. The van der Waals surface area contributed by atoms with Crippen LogP contribution in [-0.4, -0.2) is 77.8 Å². The summed E-state index contributed by atoms with van der Waals surface area (Å²) >= 11 is 1.48. The summed E-state index contributed by atoms with van der Waals surface area (Å²) in [5, 5.41) is 13.2. The van der Waals surface area contributed by atoms with Gasteiger partial charge in [0.1, 0.15) is 11.4 Å². The first-order chi connectivity index (χ1) is 20.9. The van der Waals surface area contributed by atoms with Crippen molar-refractivity contribution in [1.29, 1.82) is 0 Å². The Kier molecular flexibility index (Phi) is 9.68. The number of nitrogens with one attached hydrogen (secondary N) is 2. The summed E-state index contributed by atoms with van der Waals surface area (Å²) in [5.41, 5.74) is 3.43. The second-order valence-electron chi connectivity index (χ2n) is 10.8. The third-order valence-electron chi connectivity index (χ3n) is 7.59. The van der Waals surface area contributed by atoms with Crippen molar-refractivity contribution < 1.29 is 23.9 Å². The van der Waals surface area contributed by atoms with Gasteiger partial charge in [-0.15, -0.1) is 11.3 Å². The summed E-state index contributed by atoms with van der Waals surface area (Å²) in [6.07, 6.45) is 1.41. The smallest absolute Gasteiger partial charge is 0.270 e. The van der Waals surface area contributed by atoms with E-state index in [9.17, 15) is 14.4 Å². The maximum atomic E-state index is 14.4. The fraction of sp³-hybridized carbons (Fsp3) is 0.387. The Morgan fingerprint density at radius 2 is 2.05 bits per heavy atom. The lowest BCUT2D eigenvalue weighted by molar-refractivity contribution is -0.142. The van der Waals surface area contributed by atoms with Crippen LogP contribution in [0.1, 0.15) is 34.6 Å². The van der Waals surface area contributed by atoms with Gasteiger partial charge in [0.25, 0.3) is 11.8 Å². The number of carbonyl (C=O) groups is 3. The molecule has 0 fully saturated rings. The predicted molar refractivity (Wildman–Crippen MR) is 163 cm³/mol. The first-order valence-electron chi connectivity index (χ1n) is 14.2. The Balaban J connectivity index is 1.55. The highest BCUT2D eigenvalue weighted by atomic mass is 32.1. The zero-order chi connectivity index (χ0) is 30.2. The van der Waals surface area contributed by atoms with E-state index in [4.69, 9.17) is 9.47 Å². The van der Waals surface area contributed by atoms with Gasteiger partial charge in [0.05, 0.1) is 35.2 Å². The Hall–Kier alpha value is -4.29. The Morgan fingerprint density at radius 1 is 1.19 bits per heavy atom. The molecule has 1 unspecified atom stereocenters. The van der Waals surface area contributed by atoms with Gasteiger partial charge in [0.15, 0.2) is 6.61 Å². The van der Waals surface area contributed by atoms with E-state index in [-0.39, 0.29) is 44.0 Å². The van der Waals surface area contributed by atoms with Gasteiger partial charge in [-0.3, -0.25) is 19.1 Å². The number of methoxy groups -OCH3 is 1. The van der Waals surface area contributed by atoms with Crippen LogP contribution in [0.25, 0.3) is 10.9 Å². The van der Waals surface area contributed by atoms with Crippen LogP contribution in [0.3, 0.4) is 0 Å². The SMILES string of the molecule is COCCCC1(C(=O)N(C)Cc2cscn2)CNC(=O)c2c3ccccc3nn2CCNC(=O)COc2cccc(c2)C1. The molecule has 1 atom stereocenters. The molecule has 0 saturated carbocycles. The predicted octanol–water partition coefficient (Wildman–Crippen LogP) is 3.05. The molecule has 1 aliphatic rings. The van der Waals surface area contributed by atoms with E-state index in [1.165, 1.54) is 11.3 Å². The molecule has 5 rings (SSSR count). The summed E-state index contributed by atoms with van der Waals surface area (Å²) in [7, 11) is 3.40. The summed E-state index contributed by atoms with van der Waals surface area (Å²) in [4.78, 5) is 47.0. The molecule has 0 radical (unpaired) electrons. The van der Waals surface area contributed by atoms with Crippen LogP contribution >= 0.6 is 11.3 Å². The second-order valence-corrected chi connectivity index (χ2v) is 11.5. The summed E-state index contributed by atoms with van der Waals surface area (Å²) in [6, 6.07) is 14.8. The molecule has 0 spiro atoms. The zero-order valence-electron chi connectivity index (χ0n) is 24.4. The van der Waals surface area contributed by atoms with Crippen LogP contribution in [0.5, 0.6) is 5.75 Å². The lowest BCUT2D eigenvalue weighted by atomic mass is 9.76. The number of fused-ring (bicyclic) bond motifs is 5. The first-order valence-corrected chi connectivity index (χ1v) is 15.2. The lowest BCUT2D eigenvalue weighted by Crippen LogP contribution is -2.50. The molecule has 3 amide bonds. The number of nitrogens with zero attached hydrogens (tertiary/aromatic N) is 4. The van der Waals surface area contributed by atoms with Crippen molar-refractivity contribution >= 4 is 40.0 Å². The van der Waals surface area contributed by atoms with Crippen LogP contribution in [0.15, 0.2) is 59.4 Å². The average molecular weight is 605 g/mol. The largest absolute Gasteiger partial charge is 0.484 e. The standard InChI is InChI=1S/C31H36N6O5S/c1-36(17-23-19-43-21-34-23)30(40)31(11-6-14-41-2)16-22-7-5-8-24(15-22)42-18-27(38)32-12-13-37-28(29(39)33-20-31)25-9-3-4-10-26(25)35-37/h3-5,7-10,15,19,21H,6,11-14,16-18,20H2,1-2H3,(H,32,38)(H,33,39). The van der Waals surface area contributed by atoms with Crippen molar-refractivity contribution in [3.8, 4) is 5.75 Å². The molecule has 3 heterocycles. The zero-order valence-corrected chi connectivity index (χ0v) is 25.2. The minimum Gasteiger partial charge on any atom is -0.484 e. The second kappa shape index (κ2) is 13.8. The highest BCUT2D eigenvalue weighted by Gasteiger charge is 2.41. The van der Waals surface area contributed by atoms with Crippen molar-refractivity contribution in [1.82, 2.24) is 30.3 Å². The van der Waals surface area contributed by atoms with E-state index in [1.54, 1.807) is 35.3 Å². The third-order valence-corrected chi connectivity index (χ3v) is 8.23. The monoisotopic (exact) mass is 604 g/mol. The summed E-state index contributed by atoms with van der Waals surface area (Å²) < 4.78 is 12.8. The molecule has 0 aliphatic carbocycles. The van der Waals surface area contributed by atoms with Gasteiger partial charge in [-0.1, -0.05) is 30.3 Å². The lowest BCUT2D eigenvalue weighted by Gasteiger charge is -2.36. The fourth-order valence-corrected chi connectivity index (χ4v) is 6.09. The third kappa shape index (κ3) is 7.20. The van der Waals surface area contributed by atoms with E-state index in [2.05, 4.69) is 20.7 Å². The first kappa shape index (κ1) is 30.2. The van der Waals surface area contributed by atoms with Crippen molar-refractivity contribution in [2.45, 2.75) is 32.4 Å². The number of hydrogen-bond acceptors (Lipinski definition) is 8. The number of aromatic nitrogens is 3. The number of carbonyl (C=O) groups excluding carboxylic acids is 3. The highest BCUT2D eigenvalue weighted by Crippen LogP contribution is 2.33. The molecular formula is C31H36N6O5S. The number of amides is 3. The van der Waals surface area contributed by atoms with Crippen molar-refractivity contribution in [3.63, 3.8) is 0 Å². The minimum absolute atomic E-state index is 0.0944. The Morgan fingerprint density at radius 3 is 2.86 bits per heavy atom. The average Bonchev–Trinajstić information content (AvgIpc) is 3.65. The van der Waals surface area contributed by atoms with Gasteiger partial charge < -0.3 is 25.0 Å². The molecule has 2 aromatic carbocycles. The summed E-state index contributed by atoms with van der Waals surface area (Å²) in [5.74, 6) is -0.205. The highest BCUT2D eigenvalue weighted by molar-refractivity contribution is 7.07. The van der Waals surface area contributed by atoms with Gasteiger partial charge in [0, 0.05) is 44.6 Å². The van der Waals surface area contributed by atoms with Crippen LogP contribution in [0.4, 0.5) is 0 Å². The summed E-state index contributed by atoms with van der Waals surface area (Å²) in [6.45, 7) is 1.29. The van der Waals surface area contributed by atoms with Gasteiger partial charge in [0.2, 0.25) is 5.91 Å². The topological polar surface area (TPSA) is 128 Å². The van der Waals surface area contributed by atoms with Crippen molar-refractivity contribution in [3.05, 3.63) is 76.4 Å². The Labute approximate surface area is 254 Å². The van der Waals surface area contributed by atoms with E-state index < -0.39 is 5.41 Å². The van der Waals surface area contributed by atoms with E-state index in [0.717, 1.165) is 11.3 Å². The molecule has 1 aliphatic heterocycles. The number of thiazole rings is 1. The van der Waals surface area contributed by atoms with E-state index in [0.29, 0.717) is 54.8 Å². The van der Waals surface area contributed by atoms with E-state index >= 15 is 0 Å². The quantitative estimate of drug-likeness (QED) is 0.311. The van der Waals surface area contributed by atoms with E-state index in [1.807, 2.05) is 47.8 Å². The van der Waals surface area contributed by atoms with Gasteiger partial charge in [-0.05, 0) is 43.0 Å². The number of benzene rings is 2. The molecule has 11 nitrogen and oxygen atoms in total. The van der Waals surface area contributed by atoms with Crippen LogP contribution in [-0.2, 0) is 33.8 Å². The molecule has 4 aromatic rings. The Bertz CT molecular complexity index is 1570. The molecule has 0 saturated heterocycles. The molecule has 2 aromatic heterocycles. The van der Waals surface area contributed by atoms with Gasteiger partial charge >= 0.3 is 0 Å². The maximum Gasteiger partial charge on any atom is 0.270 e. The molecule has 43 heavy (non-hydrogen) atoms. The molecule has 2 N–H and O–H groups in total. The minimum atomic E-state index is -1.01. The van der Waals surface area contributed by atoms with Gasteiger partial charge in [-0.2, -0.15) is 5.10 Å². The van der Waals surface area contributed by atoms with Crippen LogP contribution in [0, 0.1) is 5.41 Å². The van der Waals surface area contributed by atoms with Crippen molar-refractivity contribution in [2.75, 3.05) is 40.5 Å². The molecule has 2 bridgehead atoms. The molecule has 226 valence electrons. The van der Waals surface area contributed by atoms with Crippen LogP contribution in [0.2, 0.25) is 0 Å². The van der Waals surface area contributed by atoms with Gasteiger partial charge in [-0.25, -0.2) is 4.98 Å². The number of rotatable bonds is 7. The number of ether oxygens (including phenoxy) is 2. The molecular weight excluding hydrogens is 568 g/mol. The molecule has 12 heteroatoms. The van der Waals surface area contributed by atoms with Crippen LogP contribution < -0.4 is 15.4 Å². The fourth-order valence-electron chi connectivity index (χ4n) is 5.54.